The Labute approximate surface area is 163 Å². The highest BCUT2D eigenvalue weighted by Crippen LogP contribution is 2.45. The molecule has 0 aromatic carbocycles. The maximum absolute atomic E-state index is 12.9. The van der Waals surface area contributed by atoms with Crippen molar-refractivity contribution in [1.29, 1.82) is 0 Å². The molecule has 5 rings (SSSR count). The number of hydrogen-bond acceptors (Lipinski definition) is 5. The summed E-state index contributed by atoms with van der Waals surface area (Å²) < 4.78 is 5.55. The number of nitrogens with zero attached hydrogens (tertiary/aromatic N) is 4. The van der Waals surface area contributed by atoms with Crippen molar-refractivity contribution in [3.63, 3.8) is 0 Å². The van der Waals surface area contributed by atoms with Crippen molar-refractivity contribution in [3.05, 3.63) is 77.8 Å². The molecule has 2 aliphatic rings. The van der Waals surface area contributed by atoms with Crippen LogP contribution in [0.1, 0.15) is 34.0 Å². The summed E-state index contributed by atoms with van der Waals surface area (Å²) in [6, 6.07) is 11.8. The molecule has 0 saturated carbocycles. The fraction of sp³-hybridized carbons (Fsp3) is 0.318. The van der Waals surface area contributed by atoms with Crippen molar-refractivity contribution >= 4 is 11.6 Å². The molecule has 6 nitrogen and oxygen atoms in total. The van der Waals surface area contributed by atoms with E-state index >= 15 is 0 Å². The lowest BCUT2D eigenvalue weighted by atomic mass is 9.85. The van der Waals surface area contributed by atoms with Gasteiger partial charge in [0.2, 0.25) is 0 Å². The summed E-state index contributed by atoms with van der Waals surface area (Å²) in [5.41, 5.74) is 3.31. The van der Waals surface area contributed by atoms with E-state index in [9.17, 15) is 4.79 Å². The minimum Gasteiger partial charge on any atom is -0.456 e. The molecule has 0 aliphatic carbocycles. The fourth-order valence-corrected chi connectivity index (χ4v) is 4.51. The van der Waals surface area contributed by atoms with Gasteiger partial charge in [-0.2, -0.15) is 0 Å². The lowest BCUT2D eigenvalue weighted by molar-refractivity contribution is 0.0751. The van der Waals surface area contributed by atoms with Gasteiger partial charge in [0, 0.05) is 44.8 Å². The molecule has 5 heterocycles. The number of pyridine rings is 2. The van der Waals surface area contributed by atoms with E-state index in [1.54, 1.807) is 12.3 Å². The van der Waals surface area contributed by atoms with Crippen molar-refractivity contribution < 1.29 is 9.21 Å². The minimum absolute atomic E-state index is 0.0341. The Hall–Kier alpha value is -3.15. The van der Waals surface area contributed by atoms with Crippen molar-refractivity contribution in [2.75, 3.05) is 24.5 Å². The molecule has 1 spiro atoms. The monoisotopic (exact) mass is 374 g/mol. The van der Waals surface area contributed by atoms with E-state index < -0.39 is 0 Å². The van der Waals surface area contributed by atoms with Gasteiger partial charge in [0.25, 0.3) is 5.91 Å². The fourth-order valence-electron chi connectivity index (χ4n) is 4.51. The van der Waals surface area contributed by atoms with Gasteiger partial charge in [0.15, 0.2) is 5.76 Å². The van der Waals surface area contributed by atoms with Crippen LogP contribution >= 0.6 is 0 Å². The van der Waals surface area contributed by atoms with E-state index in [0.29, 0.717) is 12.3 Å². The summed E-state index contributed by atoms with van der Waals surface area (Å²) in [4.78, 5) is 26.1. The van der Waals surface area contributed by atoms with Crippen molar-refractivity contribution in [1.82, 2.24) is 14.9 Å². The summed E-state index contributed by atoms with van der Waals surface area (Å²) >= 11 is 0. The zero-order chi connectivity index (χ0) is 19.1. The number of anilines is 1. The largest absolute Gasteiger partial charge is 0.456 e. The van der Waals surface area contributed by atoms with Crippen LogP contribution in [-0.4, -0.2) is 40.4 Å². The number of likely N-dealkylation sites (tertiary alicyclic amines) is 1. The van der Waals surface area contributed by atoms with Crippen LogP contribution in [0.5, 0.6) is 0 Å². The number of amides is 1. The number of aryl methyl sites for hydroxylation is 1. The topological polar surface area (TPSA) is 62.5 Å². The number of fused-ring (bicyclic) bond motifs is 2. The molecule has 1 amide bonds. The maximum atomic E-state index is 12.9. The highest BCUT2D eigenvalue weighted by atomic mass is 16.3. The molecule has 28 heavy (non-hydrogen) atoms. The van der Waals surface area contributed by atoms with Gasteiger partial charge in [-0.05, 0) is 49.2 Å². The normalized spacial score (nSPS) is 20.8. The molecule has 0 N–H and O–H groups in total. The van der Waals surface area contributed by atoms with Crippen LogP contribution in [0.15, 0.2) is 59.4 Å². The predicted molar refractivity (Wildman–Crippen MR) is 105 cm³/mol. The molecule has 2 aliphatic heterocycles. The molecule has 3 aromatic rings. The molecule has 3 aromatic heterocycles. The summed E-state index contributed by atoms with van der Waals surface area (Å²) in [5, 5.41) is 0. The second kappa shape index (κ2) is 6.48. The molecule has 1 saturated heterocycles. The van der Waals surface area contributed by atoms with Crippen molar-refractivity contribution in [3.8, 4) is 0 Å². The quantitative estimate of drug-likeness (QED) is 0.705. The third-order valence-corrected chi connectivity index (χ3v) is 5.81. The SMILES string of the molecule is Cc1ccc(C(=O)N2CC[C@@]3(C2)CN(Cc2cccnc2)c2cccnc23)o1. The smallest absolute Gasteiger partial charge is 0.289 e. The molecular weight excluding hydrogens is 352 g/mol. The molecule has 0 bridgehead atoms. The van der Waals surface area contributed by atoms with Gasteiger partial charge in [0.1, 0.15) is 5.76 Å². The average Bonchev–Trinajstić information content (AvgIpc) is 3.42. The summed E-state index contributed by atoms with van der Waals surface area (Å²) in [7, 11) is 0. The van der Waals surface area contributed by atoms with Crippen LogP contribution < -0.4 is 4.90 Å². The first kappa shape index (κ1) is 17.0. The van der Waals surface area contributed by atoms with Crippen LogP contribution in [0.3, 0.4) is 0 Å². The first-order valence-corrected chi connectivity index (χ1v) is 9.60. The lowest BCUT2D eigenvalue weighted by Gasteiger charge is -2.25. The van der Waals surface area contributed by atoms with E-state index in [0.717, 1.165) is 43.2 Å². The molecular formula is C22H22N4O2. The van der Waals surface area contributed by atoms with Crippen LogP contribution in [0, 0.1) is 6.92 Å². The number of carbonyl (C=O) groups excluding carboxylic acids is 1. The standard InChI is InChI=1S/C22H22N4O2/c1-16-6-7-19(28-16)21(27)25-11-8-22(14-25)15-26(13-17-4-2-9-23-12-17)18-5-3-10-24-20(18)22/h2-7,9-10,12H,8,11,13-15H2,1H3/t22-/m1/s1. The first-order valence-electron chi connectivity index (χ1n) is 9.60. The van der Waals surface area contributed by atoms with Gasteiger partial charge in [-0.25, -0.2) is 0 Å². The number of carbonyl (C=O) groups is 1. The zero-order valence-electron chi connectivity index (χ0n) is 15.8. The van der Waals surface area contributed by atoms with Gasteiger partial charge in [0.05, 0.1) is 16.8 Å². The van der Waals surface area contributed by atoms with E-state index in [4.69, 9.17) is 9.40 Å². The summed E-state index contributed by atoms with van der Waals surface area (Å²) in [6.45, 7) is 4.89. The van der Waals surface area contributed by atoms with E-state index in [2.05, 4.69) is 22.0 Å². The zero-order valence-corrected chi connectivity index (χ0v) is 15.8. The Balaban J connectivity index is 1.42. The Morgan fingerprint density at radius 3 is 2.86 bits per heavy atom. The molecule has 6 heteroatoms. The average molecular weight is 374 g/mol. The lowest BCUT2D eigenvalue weighted by Crippen LogP contribution is -2.38. The second-order valence-electron chi connectivity index (χ2n) is 7.76. The van der Waals surface area contributed by atoms with Gasteiger partial charge < -0.3 is 14.2 Å². The Kier molecular flexibility index (Phi) is 3.93. The molecule has 0 unspecified atom stereocenters. The third-order valence-electron chi connectivity index (χ3n) is 5.81. The number of hydrogen-bond donors (Lipinski definition) is 0. The van der Waals surface area contributed by atoms with Crippen molar-refractivity contribution in [2.24, 2.45) is 0 Å². The molecule has 1 atom stereocenters. The highest BCUT2D eigenvalue weighted by molar-refractivity contribution is 5.92. The number of rotatable bonds is 3. The maximum Gasteiger partial charge on any atom is 0.289 e. The van der Waals surface area contributed by atoms with E-state index in [1.807, 2.05) is 42.4 Å². The van der Waals surface area contributed by atoms with Gasteiger partial charge in [-0.3, -0.25) is 14.8 Å². The minimum atomic E-state index is -0.129. The van der Waals surface area contributed by atoms with Gasteiger partial charge in [-0.15, -0.1) is 0 Å². The van der Waals surface area contributed by atoms with Crippen LogP contribution in [0.4, 0.5) is 5.69 Å². The third kappa shape index (κ3) is 2.76. The van der Waals surface area contributed by atoms with E-state index in [1.165, 1.54) is 5.56 Å². The Bertz CT molecular complexity index is 1020. The first-order chi connectivity index (χ1) is 13.6. The number of furan rings is 1. The van der Waals surface area contributed by atoms with E-state index in [-0.39, 0.29) is 11.3 Å². The predicted octanol–water partition coefficient (Wildman–Crippen LogP) is 3.18. The van der Waals surface area contributed by atoms with Crippen LogP contribution in [0.2, 0.25) is 0 Å². The summed E-state index contributed by atoms with van der Waals surface area (Å²) in [6.07, 6.45) is 6.46. The molecule has 142 valence electrons. The van der Waals surface area contributed by atoms with Gasteiger partial charge >= 0.3 is 0 Å². The Morgan fingerprint density at radius 1 is 1.18 bits per heavy atom. The van der Waals surface area contributed by atoms with Crippen LogP contribution in [0.25, 0.3) is 0 Å². The molecule has 1 fully saturated rings. The van der Waals surface area contributed by atoms with Crippen LogP contribution in [-0.2, 0) is 12.0 Å². The second-order valence-corrected chi connectivity index (χ2v) is 7.76. The summed E-state index contributed by atoms with van der Waals surface area (Å²) in [5.74, 6) is 1.14. The molecule has 0 radical (unpaired) electrons. The Morgan fingerprint density at radius 2 is 2.07 bits per heavy atom. The number of aromatic nitrogens is 2. The van der Waals surface area contributed by atoms with Crippen molar-refractivity contribution in [2.45, 2.75) is 25.3 Å². The van der Waals surface area contributed by atoms with Gasteiger partial charge in [-0.1, -0.05) is 6.07 Å². The highest BCUT2D eigenvalue weighted by Gasteiger charge is 2.49.